The number of nitrogens with two attached hydrogens (primary N) is 1. The van der Waals surface area contributed by atoms with Crippen LogP contribution in [0.3, 0.4) is 0 Å². The zero-order valence-corrected chi connectivity index (χ0v) is 9.86. The number of ether oxygens (including phenoxy) is 1. The third-order valence-electron chi connectivity index (χ3n) is 3.23. The summed E-state index contributed by atoms with van der Waals surface area (Å²) in [6.07, 6.45) is 7.06. The summed E-state index contributed by atoms with van der Waals surface area (Å²) in [7, 11) is 0. The Kier molecular flexibility index (Phi) is 3.78. The minimum absolute atomic E-state index is 0.0387. The summed E-state index contributed by atoms with van der Waals surface area (Å²) < 4.78 is 5.71. The second-order valence-electron chi connectivity index (χ2n) is 4.68. The summed E-state index contributed by atoms with van der Waals surface area (Å²) >= 11 is 0. The highest BCUT2D eigenvalue weighted by Gasteiger charge is 2.15. The number of hydrogen-bond donors (Lipinski definition) is 1. The lowest BCUT2D eigenvalue weighted by Crippen LogP contribution is -2.10. The van der Waals surface area contributed by atoms with E-state index in [0.29, 0.717) is 5.88 Å². The van der Waals surface area contributed by atoms with E-state index in [-0.39, 0.29) is 6.04 Å². The Hall–Kier alpha value is -1.09. The van der Waals surface area contributed by atoms with Gasteiger partial charge in [0.05, 0.1) is 6.61 Å². The molecule has 1 fully saturated rings. The van der Waals surface area contributed by atoms with Crippen LogP contribution in [0, 0.1) is 5.92 Å². The van der Waals surface area contributed by atoms with E-state index in [1.54, 1.807) is 6.20 Å². The molecule has 1 saturated carbocycles. The standard InChI is InChI=1S/C13H20N2O/c1-10(14)12-6-7-15-13(8-12)16-9-11-4-2-3-5-11/h6-8,10-11H,2-5,9,14H2,1H3/t10-/m1/s1. The molecule has 3 nitrogen and oxygen atoms in total. The van der Waals surface area contributed by atoms with Gasteiger partial charge in [0.25, 0.3) is 0 Å². The van der Waals surface area contributed by atoms with Crippen LogP contribution < -0.4 is 10.5 Å². The summed E-state index contributed by atoms with van der Waals surface area (Å²) in [6.45, 7) is 2.77. The van der Waals surface area contributed by atoms with Crippen LogP contribution in [0.1, 0.15) is 44.2 Å². The molecule has 1 atom stereocenters. The van der Waals surface area contributed by atoms with Crippen LogP contribution >= 0.6 is 0 Å². The first kappa shape index (κ1) is 11.4. The zero-order valence-electron chi connectivity index (χ0n) is 9.86. The van der Waals surface area contributed by atoms with Gasteiger partial charge >= 0.3 is 0 Å². The molecule has 0 aliphatic heterocycles. The topological polar surface area (TPSA) is 48.1 Å². The van der Waals surface area contributed by atoms with Crippen LogP contribution in [0.5, 0.6) is 5.88 Å². The summed E-state index contributed by atoms with van der Waals surface area (Å²) in [5, 5.41) is 0. The maximum Gasteiger partial charge on any atom is 0.213 e. The van der Waals surface area contributed by atoms with Gasteiger partial charge in [0.2, 0.25) is 5.88 Å². The van der Waals surface area contributed by atoms with Gasteiger partial charge in [-0.25, -0.2) is 4.98 Å². The second kappa shape index (κ2) is 5.30. The molecule has 1 aliphatic rings. The maximum atomic E-state index is 5.82. The largest absolute Gasteiger partial charge is 0.477 e. The highest BCUT2D eigenvalue weighted by atomic mass is 16.5. The molecule has 0 bridgehead atoms. The van der Waals surface area contributed by atoms with Gasteiger partial charge in [-0.05, 0) is 37.3 Å². The lowest BCUT2D eigenvalue weighted by atomic mass is 10.1. The fraction of sp³-hybridized carbons (Fsp3) is 0.615. The number of nitrogens with zero attached hydrogens (tertiary/aromatic N) is 1. The fourth-order valence-corrected chi connectivity index (χ4v) is 2.17. The number of hydrogen-bond acceptors (Lipinski definition) is 3. The van der Waals surface area contributed by atoms with Gasteiger partial charge in [0.15, 0.2) is 0 Å². The predicted octanol–water partition coefficient (Wildman–Crippen LogP) is 2.67. The summed E-state index contributed by atoms with van der Waals surface area (Å²) in [4.78, 5) is 4.20. The maximum absolute atomic E-state index is 5.82. The smallest absolute Gasteiger partial charge is 0.213 e. The first-order chi connectivity index (χ1) is 7.75. The fourth-order valence-electron chi connectivity index (χ4n) is 2.17. The lowest BCUT2D eigenvalue weighted by Gasteiger charge is -2.12. The third-order valence-corrected chi connectivity index (χ3v) is 3.23. The molecule has 0 spiro atoms. The first-order valence-electron chi connectivity index (χ1n) is 6.10. The molecule has 88 valence electrons. The van der Waals surface area contributed by atoms with Crippen molar-refractivity contribution in [1.29, 1.82) is 0 Å². The van der Waals surface area contributed by atoms with Crippen molar-refractivity contribution in [2.45, 2.75) is 38.6 Å². The molecule has 1 aromatic rings. The summed E-state index contributed by atoms with van der Waals surface area (Å²) in [5.41, 5.74) is 6.90. The van der Waals surface area contributed by atoms with Crippen LogP contribution in [-0.2, 0) is 0 Å². The molecule has 3 heteroatoms. The van der Waals surface area contributed by atoms with E-state index >= 15 is 0 Å². The van der Waals surface area contributed by atoms with Crippen molar-refractivity contribution in [2.24, 2.45) is 11.7 Å². The number of aromatic nitrogens is 1. The van der Waals surface area contributed by atoms with E-state index in [9.17, 15) is 0 Å². The Morgan fingerprint density at radius 1 is 1.50 bits per heavy atom. The molecule has 1 aromatic heterocycles. The van der Waals surface area contributed by atoms with E-state index in [4.69, 9.17) is 10.5 Å². The van der Waals surface area contributed by atoms with Crippen molar-refractivity contribution in [1.82, 2.24) is 4.98 Å². The van der Waals surface area contributed by atoms with Crippen molar-refractivity contribution in [3.05, 3.63) is 23.9 Å². The highest BCUT2D eigenvalue weighted by molar-refractivity contribution is 5.22. The zero-order chi connectivity index (χ0) is 11.4. The highest BCUT2D eigenvalue weighted by Crippen LogP contribution is 2.25. The molecular formula is C13H20N2O. The van der Waals surface area contributed by atoms with Crippen molar-refractivity contribution >= 4 is 0 Å². The van der Waals surface area contributed by atoms with Gasteiger partial charge in [-0.1, -0.05) is 12.8 Å². The van der Waals surface area contributed by atoms with E-state index in [2.05, 4.69) is 4.98 Å². The quantitative estimate of drug-likeness (QED) is 0.848. The molecular weight excluding hydrogens is 200 g/mol. The Morgan fingerprint density at radius 3 is 2.94 bits per heavy atom. The number of rotatable bonds is 4. The molecule has 2 rings (SSSR count). The molecule has 16 heavy (non-hydrogen) atoms. The van der Waals surface area contributed by atoms with Gasteiger partial charge in [0, 0.05) is 18.3 Å². The summed E-state index contributed by atoms with van der Waals surface area (Å²) in [6, 6.07) is 3.92. The molecule has 0 unspecified atom stereocenters. The Labute approximate surface area is 97.0 Å². The van der Waals surface area contributed by atoms with Gasteiger partial charge in [-0.3, -0.25) is 0 Å². The second-order valence-corrected chi connectivity index (χ2v) is 4.68. The van der Waals surface area contributed by atoms with Crippen molar-refractivity contribution in [3.8, 4) is 5.88 Å². The number of pyridine rings is 1. The van der Waals surface area contributed by atoms with Gasteiger partial charge in [-0.2, -0.15) is 0 Å². The van der Waals surface area contributed by atoms with Crippen molar-refractivity contribution < 1.29 is 4.74 Å². The van der Waals surface area contributed by atoms with E-state index in [1.807, 2.05) is 19.1 Å². The third kappa shape index (κ3) is 2.95. The molecule has 0 saturated heterocycles. The summed E-state index contributed by atoms with van der Waals surface area (Å²) in [5.74, 6) is 1.43. The molecule has 1 aliphatic carbocycles. The van der Waals surface area contributed by atoms with Crippen LogP contribution in [0.15, 0.2) is 18.3 Å². The SMILES string of the molecule is C[C@@H](N)c1ccnc(OCC2CCCC2)c1. The lowest BCUT2D eigenvalue weighted by molar-refractivity contribution is 0.243. The first-order valence-corrected chi connectivity index (χ1v) is 6.10. The molecule has 0 radical (unpaired) electrons. The van der Waals surface area contributed by atoms with E-state index < -0.39 is 0 Å². The van der Waals surface area contributed by atoms with Crippen LogP contribution in [0.25, 0.3) is 0 Å². The van der Waals surface area contributed by atoms with Crippen LogP contribution in [0.2, 0.25) is 0 Å². The molecule has 1 heterocycles. The Morgan fingerprint density at radius 2 is 2.25 bits per heavy atom. The van der Waals surface area contributed by atoms with Crippen LogP contribution in [0.4, 0.5) is 0 Å². The Bertz CT molecular complexity index is 332. The average molecular weight is 220 g/mol. The van der Waals surface area contributed by atoms with Crippen LogP contribution in [-0.4, -0.2) is 11.6 Å². The minimum Gasteiger partial charge on any atom is -0.477 e. The molecule has 0 aromatic carbocycles. The average Bonchev–Trinajstić information content (AvgIpc) is 2.79. The van der Waals surface area contributed by atoms with Gasteiger partial charge in [0.1, 0.15) is 0 Å². The van der Waals surface area contributed by atoms with E-state index in [1.165, 1.54) is 25.7 Å². The van der Waals surface area contributed by atoms with Gasteiger partial charge < -0.3 is 10.5 Å². The monoisotopic (exact) mass is 220 g/mol. The van der Waals surface area contributed by atoms with Crippen molar-refractivity contribution in [3.63, 3.8) is 0 Å². The van der Waals surface area contributed by atoms with Gasteiger partial charge in [-0.15, -0.1) is 0 Å². The molecule has 0 amide bonds. The minimum atomic E-state index is 0.0387. The van der Waals surface area contributed by atoms with E-state index in [0.717, 1.165) is 18.1 Å². The van der Waals surface area contributed by atoms with Crippen molar-refractivity contribution in [2.75, 3.05) is 6.61 Å². The Balaban J connectivity index is 1.90. The predicted molar refractivity (Wildman–Crippen MR) is 64.3 cm³/mol. The normalized spacial score (nSPS) is 18.6. The molecule has 2 N–H and O–H groups in total.